The molecule has 1 atom stereocenters. The predicted molar refractivity (Wildman–Crippen MR) is 110 cm³/mol. The van der Waals surface area contributed by atoms with Crippen molar-refractivity contribution < 1.29 is 23.5 Å². The van der Waals surface area contributed by atoms with Crippen LogP contribution in [-0.2, 0) is 16.0 Å². The number of likely N-dealkylation sites (N-methyl/N-ethyl adjacent to an activating group) is 1. The first-order valence-corrected chi connectivity index (χ1v) is 10.4. The highest BCUT2D eigenvalue weighted by molar-refractivity contribution is 5.77. The molecule has 0 radical (unpaired) electrons. The number of hydrogen-bond donors (Lipinski definition) is 2. The van der Waals surface area contributed by atoms with Gasteiger partial charge < -0.3 is 15.3 Å². The summed E-state index contributed by atoms with van der Waals surface area (Å²) >= 11 is 0. The van der Waals surface area contributed by atoms with Crippen molar-refractivity contribution in [3.63, 3.8) is 0 Å². The Labute approximate surface area is 172 Å². The molecule has 0 spiro atoms. The lowest BCUT2D eigenvalue weighted by Crippen LogP contribution is -2.42. The number of unbranched alkanes of at least 4 members (excludes halogenated alkanes) is 6. The van der Waals surface area contributed by atoms with Crippen LogP contribution in [0.3, 0.4) is 0 Å². The number of nitrogens with one attached hydrogen (secondary N) is 1. The average Bonchev–Trinajstić information content (AvgIpc) is 2.62. The third-order valence-electron chi connectivity index (χ3n) is 4.75. The van der Waals surface area contributed by atoms with Crippen molar-refractivity contribution in [3.8, 4) is 0 Å². The fourth-order valence-corrected chi connectivity index (χ4v) is 3.34. The number of carboxylic acids is 1. The second-order valence-corrected chi connectivity index (χ2v) is 7.81. The van der Waals surface area contributed by atoms with Crippen molar-refractivity contribution in [2.75, 3.05) is 20.6 Å². The van der Waals surface area contributed by atoms with Gasteiger partial charge in [-0.15, -0.1) is 0 Å². The molecular formula is C22H34F2N2O3. The van der Waals surface area contributed by atoms with Gasteiger partial charge in [-0.25, -0.2) is 8.78 Å². The van der Waals surface area contributed by atoms with Crippen LogP contribution in [0.1, 0.15) is 63.4 Å². The summed E-state index contributed by atoms with van der Waals surface area (Å²) in [6, 6.07) is 3.92. The summed E-state index contributed by atoms with van der Waals surface area (Å²) in [6.45, 7) is 0.498. The van der Waals surface area contributed by atoms with E-state index < -0.39 is 17.6 Å². The molecule has 1 aromatic carbocycles. The fraction of sp³-hybridized carbons (Fsp3) is 0.636. The van der Waals surface area contributed by atoms with Gasteiger partial charge in [-0.1, -0.05) is 44.2 Å². The molecule has 29 heavy (non-hydrogen) atoms. The van der Waals surface area contributed by atoms with Gasteiger partial charge in [0.1, 0.15) is 0 Å². The Hall–Kier alpha value is -2.02. The van der Waals surface area contributed by atoms with Crippen LogP contribution >= 0.6 is 0 Å². The molecule has 0 aliphatic carbocycles. The quantitative estimate of drug-likeness (QED) is 0.425. The number of aliphatic carboxylic acids is 1. The van der Waals surface area contributed by atoms with E-state index in [2.05, 4.69) is 5.32 Å². The normalized spacial score (nSPS) is 12.2. The summed E-state index contributed by atoms with van der Waals surface area (Å²) in [5.74, 6) is -2.54. The van der Waals surface area contributed by atoms with Crippen molar-refractivity contribution >= 4 is 11.9 Å². The van der Waals surface area contributed by atoms with Crippen molar-refractivity contribution in [2.24, 2.45) is 0 Å². The number of benzene rings is 1. The Kier molecular flexibility index (Phi) is 12.1. The number of halogens is 2. The SMILES string of the molecule is CN(C)CC(CC(=O)O)NC(=O)CCCCCCCCCc1cccc(F)c1F. The maximum atomic E-state index is 13.5. The van der Waals surface area contributed by atoms with Gasteiger partial charge in [0.15, 0.2) is 11.6 Å². The van der Waals surface area contributed by atoms with Crippen LogP contribution in [0.2, 0.25) is 0 Å². The molecule has 2 N–H and O–H groups in total. The minimum atomic E-state index is -0.919. The Morgan fingerprint density at radius 2 is 1.66 bits per heavy atom. The first-order valence-electron chi connectivity index (χ1n) is 10.4. The number of hydrogen-bond acceptors (Lipinski definition) is 3. The highest BCUT2D eigenvalue weighted by atomic mass is 19.2. The van der Waals surface area contributed by atoms with E-state index in [1.807, 2.05) is 19.0 Å². The summed E-state index contributed by atoms with van der Waals surface area (Å²) in [7, 11) is 3.69. The molecule has 0 fully saturated rings. The molecule has 0 heterocycles. The zero-order valence-electron chi connectivity index (χ0n) is 17.6. The lowest BCUT2D eigenvalue weighted by molar-refractivity contribution is -0.137. The molecule has 1 rings (SSSR count). The molecule has 164 valence electrons. The second-order valence-electron chi connectivity index (χ2n) is 7.81. The lowest BCUT2D eigenvalue weighted by Gasteiger charge is -2.20. The molecule has 5 nitrogen and oxygen atoms in total. The number of aryl methyl sites for hydroxylation is 1. The van der Waals surface area contributed by atoms with Crippen LogP contribution in [0.25, 0.3) is 0 Å². The van der Waals surface area contributed by atoms with Crippen molar-refractivity contribution in [3.05, 3.63) is 35.4 Å². The molecule has 0 saturated heterocycles. The summed E-state index contributed by atoms with van der Waals surface area (Å²) in [5, 5.41) is 11.7. The lowest BCUT2D eigenvalue weighted by atomic mass is 10.0. The number of nitrogens with zero attached hydrogens (tertiary/aromatic N) is 1. The summed E-state index contributed by atoms with van der Waals surface area (Å²) in [5.41, 5.74) is 0.437. The van der Waals surface area contributed by atoms with Crippen LogP contribution in [0.4, 0.5) is 8.78 Å². The maximum Gasteiger partial charge on any atom is 0.305 e. The number of carbonyl (C=O) groups is 2. The Bertz CT molecular complexity index is 638. The number of amides is 1. The number of rotatable bonds is 15. The van der Waals surface area contributed by atoms with E-state index in [1.165, 1.54) is 6.07 Å². The van der Waals surface area contributed by atoms with Gasteiger partial charge in [0.2, 0.25) is 5.91 Å². The standard InChI is InChI=1S/C22H34F2N2O3/c1-26(2)16-18(15-21(28)29)25-20(27)14-9-7-5-3-4-6-8-11-17-12-10-13-19(23)22(17)24/h10,12-13,18H,3-9,11,14-16H2,1-2H3,(H,25,27)(H,28,29). The van der Waals surface area contributed by atoms with Crippen LogP contribution < -0.4 is 5.32 Å². The van der Waals surface area contributed by atoms with E-state index in [9.17, 15) is 18.4 Å². The van der Waals surface area contributed by atoms with Crippen molar-refractivity contribution in [2.45, 2.75) is 70.3 Å². The van der Waals surface area contributed by atoms with E-state index >= 15 is 0 Å². The average molecular weight is 413 g/mol. The molecule has 0 saturated carbocycles. The van der Waals surface area contributed by atoms with E-state index in [-0.39, 0.29) is 18.4 Å². The second kappa shape index (κ2) is 14.0. The minimum absolute atomic E-state index is 0.0799. The van der Waals surface area contributed by atoms with E-state index in [0.717, 1.165) is 51.0 Å². The highest BCUT2D eigenvalue weighted by Gasteiger charge is 2.16. The molecule has 7 heteroatoms. The van der Waals surface area contributed by atoms with Gasteiger partial charge >= 0.3 is 5.97 Å². The zero-order chi connectivity index (χ0) is 21.6. The van der Waals surface area contributed by atoms with Gasteiger partial charge in [-0.2, -0.15) is 0 Å². The van der Waals surface area contributed by atoms with Crippen molar-refractivity contribution in [1.82, 2.24) is 10.2 Å². The van der Waals surface area contributed by atoms with E-state index in [0.29, 0.717) is 24.9 Å². The number of carboxylic acid groups (broad SMARTS) is 1. The molecule has 1 aromatic rings. The fourth-order valence-electron chi connectivity index (χ4n) is 3.34. The highest BCUT2D eigenvalue weighted by Crippen LogP contribution is 2.15. The van der Waals surface area contributed by atoms with Gasteiger partial charge in [-0.05, 0) is 45.0 Å². The Morgan fingerprint density at radius 3 is 2.28 bits per heavy atom. The van der Waals surface area contributed by atoms with Gasteiger partial charge in [-0.3, -0.25) is 9.59 Å². The predicted octanol–water partition coefficient (Wildman–Crippen LogP) is 4.15. The van der Waals surface area contributed by atoms with E-state index in [1.54, 1.807) is 6.07 Å². The molecular weight excluding hydrogens is 378 g/mol. The first kappa shape index (κ1) is 25.0. The van der Waals surface area contributed by atoms with Crippen LogP contribution in [0.15, 0.2) is 18.2 Å². The molecule has 0 aliphatic rings. The summed E-state index contributed by atoms with van der Waals surface area (Å²) in [4.78, 5) is 24.7. The topological polar surface area (TPSA) is 69.6 Å². The maximum absolute atomic E-state index is 13.5. The van der Waals surface area contributed by atoms with E-state index in [4.69, 9.17) is 5.11 Å². The van der Waals surface area contributed by atoms with Gasteiger partial charge in [0, 0.05) is 13.0 Å². The minimum Gasteiger partial charge on any atom is -0.481 e. The Balaban J connectivity index is 2.07. The summed E-state index contributed by atoms with van der Waals surface area (Å²) in [6.07, 6.45) is 7.52. The molecule has 1 amide bonds. The van der Waals surface area contributed by atoms with Gasteiger partial charge in [0.25, 0.3) is 0 Å². The van der Waals surface area contributed by atoms with Crippen LogP contribution in [-0.4, -0.2) is 48.6 Å². The molecule has 1 unspecified atom stereocenters. The number of carbonyl (C=O) groups excluding carboxylic acids is 1. The smallest absolute Gasteiger partial charge is 0.305 e. The van der Waals surface area contributed by atoms with Gasteiger partial charge in [0.05, 0.1) is 12.5 Å². The van der Waals surface area contributed by atoms with Crippen molar-refractivity contribution in [1.29, 1.82) is 0 Å². The Morgan fingerprint density at radius 1 is 1.03 bits per heavy atom. The molecule has 0 aromatic heterocycles. The third-order valence-corrected chi connectivity index (χ3v) is 4.75. The molecule has 0 bridgehead atoms. The third kappa shape index (κ3) is 11.5. The van der Waals surface area contributed by atoms with Crippen LogP contribution in [0.5, 0.6) is 0 Å². The first-order chi connectivity index (χ1) is 13.8. The summed E-state index contributed by atoms with van der Waals surface area (Å²) < 4.78 is 26.7. The molecule has 0 aliphatic heterocycles. The monoisotopic (exact) mass is 412 g/mol. The zero-order valence-corrected chi connectivity index (χ0v) is 17.6. The van der Waals surface area contributed by atoms with Crippen LogP contribution in [0, 0.1) is 11.6 Å². The largest absolute Gasteiger partial charge is 0.481 e.